The molecule has 2 aromatic rings. The van der Waals surface area contributed by atoms with Gasteiger partial charge >= 0.3 is 5.97 Å². The summed E-state index contributed by atoms with van der Waals surface area (Å²) >= 11 is 0. The van der Waals surface area contributed by atoms with Gasteiger partial charge in [-0.1, -0.05) is 17.7 Å². The molecule has 0 spiro atoms. The summed E-state index contributed by atoms with van der Waals surface area (Å²) in [5, 5.41) is 2.71. The smallest absolute Gasteiger partial charge is 0.306 e. The average Bonchev–Trinajstić information content (AvgIpc) is 2.62. The first-order valence-electron chi connectivity index (χ1n) is 7.86. The lowest BCUT2D eigenvalue weighted by Crippen LogP contribution is -2.26. The molecule has 2 N–H and O–H groups in total. The Bertz CT molecular complexity index is 875. The summed E-state index contributed by atoms with van der Waals surface area (Å²) in [5.41, 5.74) is 2.04. The van der Waals surface area contributed by atoms with Crippen molar-refractivity contribution < 1.29 is 22.7 Å². The van der Waals surface area contributed by atoms with Crippen LogP contribution in [0.2, 0.25) is 0 Å². The second kappa shape index (κ2) is 8.59. The van der Waals surface area contributed by atoms with Gasteiger partial charge in [0.2, 0.25) is 10.0 Å². The number of amides is 1. The van der Waals surface area contributed by atoms with E-state index in [0.717, 1.165) is 5.56 Å². The molecule has 138 valence electrons. The first-order chi connectivity index (χ1) is 12.3. The number of rotatable bonds is 7. The molecule has 7 nitrogen and oxygen atoms in total. The van der Waals surface area contributed by atoms with Crippen molar-refractivity contribution in [2.24, 2.45) is 0 Å². The predicted octanol–water partition coefficient (Wildman–Crippen LogP) is 2.09. The number of sulfonamides is 1. The molecule has 0 aliphatic carbocycles. The summed E-state index contributed by atoms with van der Waals surface area (Å²) in [6.45, 7) is 1.88. The zero-order chi connectivity index (χ0) is 19.2. The molecule has 0 unspecified atom stereocenters. The number of nitrogens with one attached hydrogen (secondary N) is 2. The molecule has 0 aliphatic rings. The van der Waals surface area contributed by atoms with Gasteiger partial charge in [-0.05, 0) is 43.3 Å². The molecule has 0 saturated carbocycles. The Morgan fingerprint density at radius 3 is 2.19 bits per heavy atom. The van der Waals surface area contributed by atoms with Crippen molar-refractivity contribution in [3.8, 4) is 0 Å². The number of methoxy groups -OCH3 is 1. The second-order valence-electron chi connectivity index (χ2n) is 5.57. The predicted molar refractivity (Wildman–Crippen MR) is 97.4 cm³/mol. The number of aryl methyl sites for hydroxylation is 1. The van der Waals surface area contributed by atoms with Gasteiger partial charge in [-0.15, -0.1) is 0 Å². The summed E-state index contributed by atoms with van der Waals surface area (Å²) in [5.74, 6) is -0.779. The maximum absolute atomic E-state index is 12.2. The highest BCUT2D eigenvalue weighted by Gasteiger charge is 2.14. The largest absolute Gasteiger partial charge is 0.469 e. The lowest BCUT2D eigenvalue weighted by atomic mass is 10.1. The molecule has 1 amide bonds. The van der Waals surface area contributed by atoms with Crippen LogP contribution in [0.15, 0.2) is 53.4 Å². The van der Waals surface area contributed by atoms with Gasteiger partial charge in [0, 0.05) is 17.8 Å². The summed E-state index contributed by atoms with van der Waals surface area (Å²) in [4.78, 5) is 23.2. The van der Waals surface area contributed by atoms with Crippen LogP contribution < -0.4 is 10.0 Å². The van der Waals surface area contributed by atoms with Crippen LogP contribution in [-0.2, 0) is 19.6 Å². The van der Waals surface area contributed by atoms with E-state index in [-0.39, 0.29) is 23.8 Å². The third kappa shape index (κ3) is 5.40. The molecule has 0 bridgehead atoms. The summed E-state index contributed by atoms with van der Waals surface area (Å²) in [6, 6.07) is 12.9. The SMILES string of the molecule is COC(=O)CCNS(=O)(=O)c1ccc(NC(=O)c2ccc(C)cc2)cc1. The third-order valence-electron chi connectivity index (χ3n) is 3.59. The highest BCUT2D eigenvalue weighted by molar-refractivity contribution is 7.89. The van der Waals surface area contributed by atoms with Crippen LogP contribution in [0.25, 0.3) is 0 Å². The Balaban J connectivity index is 1.99. The van der Waals surface area contributed by atoms with Gasteiger partial charge in [0.05, 0.1) is 18.4 Å². The van der Waals surface area contributed by atoms with Crippen LogP contribution in [0.1, 0.15) is 22.3 Å². The molecule has 8 heteroatoms. The molecule has 0 aliphatic heterocycles. The molecule has 2 aromatic carbocycles. The van der Waals surface area contributed by atoms with Crippen molar-refractivity contribution in [2.45, 2.75) is 18.2 Å². The van der Waals surface area contributed by atoms with Gasteiger partial charge in [-0.2, -0.15) is 0 Å². The quantitative estimate of drug-likeness (QED) is 0.721. The van der Waals surface area contributed by atoms with E-state index in [0.29, 0.717) is 11.3 Å². The Hall–Kier alpha value is -2.71. The number of anilines is 1. The van der Waals surface area contributed by atoms with Crippen LogP contribution in [-0.4, -0.2) is 33.9 Å². The zero-order valence-corrected chi connectivity index (χ0v) is 15.3. The van der Waals surface area contributed by atoms with Gasteiger partial charge in [-0.3, -0.25) is 9.59 Å². The van der Waals surface area contributed by atoms with Gasteiger partial charge in [-0.25, -0.2) is 13.1 Å². The normalized spacial score (nSPS) is 11.0. The number of hydrogen-bond acceptors (Lipinski definition) is 5. The molecular weight excluding hydrogens is 356 g/mol. The minimum atomic E-state index is -3.74. The van der Waals surface area contributed by atoms with Crippen LogP contribution in [0.3, 0.4) is 0 Å². The van der Waals surface area contributed by atoms with Crippen LogP contribution in [0.4, 0.5) is 5.69 Å². The van der Waals surface area contributed by atoms with E-state index in [1.54, 1.807) is 12.1 Å². The average molecular weight is 376 g/mol. The lowest BCUT2D eigenvalue weighted by Gasteiger charge is -2.08. The van der Waals surface area contributed by atoms with E-state index >= 15 is 0 Å². The number of benzene rings is 2. The van der Waals surface area contributed by atoms with Crippen molar-refractivity contribution in [3.05, 3.63) is 59.7 Å². The van der Waals surface area contributed by atoms with E-state index in [1.807, 2.05) is 19.1 Å². The molecule has 0 saturated heterocycles. The fourth-order valence-corrected chi connectivity index (χ4v) is 3.13. The third-order valence-corrected chi connectivity index (χ3v) is 5.06. The van der Waals surface area contributed by atoms with Gasteiger partial charge in [0.1, 0.15) is 0 Å². The van der Waals surface area contributed by atoms with E-state index in [9.17, 15) is 18.0 Å². The van der Waals surface area contributed by atoms with Gasteiger partial charge < -0.3 is 10.1 Å². The fraction of sp³-hybridized carbons (Fsp3) is 0.222. The molecule has 0 radical (unpaired) electrons. The van der Waals surface area contributed by atoms with Crippen LogP contribution >= 0.6 is 0 Å². The van der Waals surface area contributed by atoms with E-state index < -0.39 is 16.0 Å². The highest BCUT2D eigenvalue weighted by atomic mass is 32.2. The van der Waals surface area contributed by atoms with Crippen molar-refractivity contribution >= 4 is 27.6 Å². The molecule has 0 atom stereocenters. The van der Waals surface area contributed by atoms with Gasteiger partial charge in [0.15, 0.2) is 0 Å². The minimum Gasteiger partial charge on any atom is -0.469 e. The summed E-state index contributed by atoms with van der Waals surface area (Å²) in [7, 11) is -2.50. The zero-order valence-electron chi connectivity index (χ0n) is 14.5. The maximum Gasteiger partial charge on any atom is 0.306 e. The Labute approximate surface area is 152 Å². The number of esters is 1. The monoisotopic (exact) mass is 376 g/mol. The first kappa shape index (κ1) is 19.6. The molecule has 0 heterocycles. The first-order valence-corrected chi connectivity index (χ1v) is 9.35. The second-order valence-corrected chi connectivity index (χ2v) is 7.34. The van der Waals surface area contributed by atoms with Crippen molar-refractivity contribution in [1.82, 2.24) is 4.72 Å². The lowest BCUT2D eigenvalue weighted by molar-refractivity contribution is -0.140. The number of carbonyl (C=O) groups is 2. The number of hydrogen-bond donors (Lipinski definition) is 2. The van der Waals surface area contributed by atoms with Crippen LogP contribution in [0, 0.1) is 6.92 Å². The van der Waals surface area contributed by atoms with E-state index in [4.69, 9.17) is 0 Å². The van der Waals surface area contributed by atoms with Crippen molar-refractivity contribution in [2.75, 3.05) is 19.0 Å². The summed E-state index contributed by atoms with van der Waals surface area (Å²) < 4.78 is 31.0. The molecule has 26 heavy (non-hydrogen) atoms. The van der Waals surface area contributed by atoms with E-state index in [1.165, 1.54) is 31.4 Å². The topological polar surface area (TPSA) is 102 Å². The van der Waals surface area contributed by atoms with Gasteiger partial charge in [0.25, 0.3) is 5.91 Å². The number of carbonyl (C=O) groups excluding carboxylic acids is 2. The Kier molecular flexibility index (Phi) is 6.48. The maximum atomic E-state index is 12.2. The molecule has 0 aromatic heterocycles. The molecule has 2 rings (SSSR count). The fourth-order valence-electron chi connectivity index (χ4n) is 2.10. The molecule has 0 fully saturated rings. The Morgan fingerprint density at radius 2 is 1.62 bits per heavy atom. The standard InChI is InChI=1S/C18H20N2O5S/c1-13-3-5-14(6-4-13)18(22)20-15-7-9-16(10-8-15)26(23,24)19-12-11-17(21)25-2/h3-10,19H,11-12H2,1-2H3,(H,20,22). The van der Waals surface area contributed by atoms with Crippen molar-refractivity contribution in [3.63, 3.8) is 0 Å². The minimum absolute atomic E-state index is 0.0377. The number of ether oxygens (including phenoxy) is 1. The van der Waals surface area contributed by atoms with Crippen molar-refractivity contribution in [1.29, 1.82) is 0 Å². The molecular formula is C18H20N2O5S. The summed E-state index contributed by atoms with van der Waals surface area (Å²) in [6.07, 6.45) is -0.0551. The highest BCUT2D eigenvalue weighted by Crippen LogP contribution is 2.15. The van der Waals surface area contributed by atoms with E-state index in [2.05, 4.69) is 14.8 Å². The Morgan fingerprint density at radius 1 is 1.00 bits per heavy atom. The van der Waals surface area contributed by atoms with Crippen LogP contribution in [0.5, 0.6) is 0 Å².